The molecule has 0 aromatic heterocycles. The van der Waals surface area contributed by atoms with E-state index in [1.807, 2.05) is 18.2 Å². The van der Waals surface area contributed by atoms with Crippen molar-refractivity contribution in [3.63, 3.8) is 0 Å². The summed E-state index contributed by atoms with van der Waals surface area (Å²) in [6.45, 7) is 2.68. The van der Waals surface area contributed by atoms with Crippen LogP contribution in [-0.4, -0.2) is 50.3 Å². The molecule has 8 nitrogen and oxygen atoms in total. The first-order valence-corrected chi connectivity index (χ1v) is 12.7. The van der Waals surface area contributed by atoms with Crippen molar-refractivity contribution >= 4 is 27.5 Å². The third-order valence-corrected chi connectivity index (χ3v) is 7.92. The lowest BCUT2D eigenvalue weighted by Gasteiger charge is -2.31. The summed E-state index contributed by atoms with van der Waals surface area (Å²) >= 11 is 0. The Morgan fingerprint density at radius 1 is 1.21 bits per heavy atom. The van der Waals surface area contributed by atoms with Crippen molar-refractivity contribution in [1.29, 1.82) is 0 Å². The van der Waals surface area contributed by atoms with Crippen molar-refractivity contribution in [2.75, 3.05) is 25.0 Å². The topological polar surface area (TPSA) is 105 Å². The van der Waals surface area contributed by atoms with Crippen LogP contribution in [0.5, 0.6) is 5.75 Å². The smallest absolute Gasteiger partial charge is 0.265 e. The fraction of sp³-hybridized carbons (Fsp3) is 0.417. The predicted molar refractivity (Wildman–Crippen MR) is 124 cm³/mol. The summed E-state index contributed by atoms with van der Waals surface area (Å²) in [6, 6.07) is 14.5. The summed E-state index contributed by atoms with van der Waals surface area (Å²) in [4.78, 5) is 24.6. The number of hydrogen-bond acceptors (Lipinski definition) is 5. The standard InChI is InChI=1S/C24H29N3O5S/c1-17-23(28)26-21-15-20(11-12-22(21)32-17)33(30,31)27-14-6-10-19(16-27)24(29)25-13-5-9-18-7-3-2-4-8-18/h2-4,7-8,11-12,15,17,19H,5-6,9-10,13-14,16H2,1H3,(H,25,29)(H,26,28)/t17-,19-/m1/s1. The zero-order valence-electron chi connectivity index (χ0n) is 18.6. The van der Waals surface area contributed by atoms with Gasteiger partial charge in [-0.3, -0.25) is 9.59 Å². The molecule has 2 aliphatic heterocycles. The molecule has 0 bridgehead atoms. The van der Waals surface area contributed by atoms with Gasteiger partial charge in [0.25, 0.3) is 5.91 Å². The van der Waals surface area contributed by atoms with Gasteiger partial charge in [-0.1, -0.05) is 30.3 Å². The van der Waals surface area contributed by atoms with Crippen LogP contribution in [0.1, 0.15) is 31.7 Å². The average Bonchev–Trinajstić information content (AvgIpc) is 2.83. The van der Waals surface area contributed by atoms with Crippen LogP contribution in [0.4, 0.5) is 5.69 Å². The van der Waals surface area contributed by atoms with Crippen LogP contribution in [0.15, 0.2) is 53.4 Å². The number of piperidine rings is 1. The molecule has 2 N–H and O–H groups in total. The second kappa shape index (κ2) is 9.93. The Hall–Kier alpha value is -2.91. The van der Waals surface area contributed by atoms with Crippen LogP contribution >= 0.6 is 0 Å². The molecule has 4 rings (SSSR count). The van der Waals surface area contributed by atoms with E-state index in [9.17, 15) is 18.0 Å². The third kappa shape index (κ3) is 5.36. The van der Waals surface area contributed by atoms with Gasteiger partial charge in [-0.25, -0.2) is 8.42 Å². The quantitative estimate of drug-likeness (QED) is 0.604. The van der Waals surface area contributed by atoms with E-state index in [4.69, 9.17) is 4.74 Å². The molecule has 0 saturated carbocycles. The van der Waals surface area contributed by atoms with Gasteiger partial charge < -0.3 is 15.4 Å². The van der Waals surface area contributed by atoms with Gasteiger partial charge in [-0.05, 0) is 56.4 Å². The number of amides is 2. The number of fused-ring (bicyclic) bond motifs is 1. The molecule has 1 saturated heterocycles. The van der Waals surface area contributed by atoms with E-state index in [2.05, 4.69) is 22.8 Å². The molecule has 2 aromatic carbocycles. The molecule has 0 aliphatic carbocycles. The number of carbonyl (C=O) groups excluding carboxylic acids is 2. The molecule has 2 heterocycles. The number of nitrogens with one attached hydrogen (secondary N) is 2. The van der Waals surface area contributed by atoms with Crippen LogP contribution in [0, 0.1) is 5.92 Å². The molecule has 2 aromatic rings. The number of hydrogen-bond donors (Lipinski definition) is 2. The molecular formula is C24H29N3O5S. The number of rotatable bonds is 7. The lowest BCUT2D eigenvalue weighted by atomic mass is 9.99. The molecule has 2 aliphatic rings. The Morgan fingerprint density at radius 2 is 2.00 bits per heavy atom. The minimum absolute atomic E-state index is 0.0728. The average molecular weight is 472 g/mol. The molecular weight excluding hydrogens is 442 g/mol. The van der Waals surface area contributed by atoms with Gasteiger partial charge in [0.15, 0.2) is 6.10 Å². The van der Waals surface area contributed by atoms with Crippen LogP contribution in [-0.2, 0) is 26.0 Å². The molecule has 33 heavy (non-hydrogen) atoms. The van der Waals surface area contributed by atoms with Gasteiger partial charge in [-0.15, -0.1) is 0 Å². The number of anilines is 1. The van der Waals surface area contributed by atoms with Gasteiger partial charge >= 0.3 is 0 Å². The number of carbonyl (C=O) groups is 2. The van der Waals surface area contributed by atoms with E-state index >= 15 is 0 Å². The first-order valence-electron chi connectivity index (χ1n) is 11.3. The zero-order chi connectivity index (χ0) is 23.4. The highest BCUT2D eigenvalue weighted by atomic mass is 32.2. The second-order valence-electron chi connectivity index (χ2n) is 8.49. The number of aryl methyl sites for hydroxylation is 1. The van der Waals surface area contributed by atoms with Crippen LogP contribution < -0.4 is 15.4 Å². The van der Waals surface area contributed by atoms with Gasteiger partial charge in [0.1, 0.15) is 5.75 Å². The summed E-state index contributed by atoms with van der Waals surface area (Å²) in [5, 5.41) is 5.64. The van der Waals surface area contributed by atoms with Gasteiger partial charge in [-0.2, -0.15) is 4.31 Å². The SMILES string of the molecule is C[C@H]1Oc2ccc(S(=O)(=O)N3CCC[C@@H](C(=O)NCCCc4ccccc4)C3)cc2NC1=O. The summed E-state index contributed by atoms with van der Waals surface area (Å²) in [7, 11) is -3.81. The molecule has 0 spiro atoms. The number of ether oxygens (including phenoxy) is 1. The van der Waals surface area contributed by atoms with Crippen molar-refractivity contribution in [3.05, 3.63) is 54.1 Å². The Kier molecular flexibility index (Phi) is 6.99. The minimum Gasteiger partial charge on any atom is -0.479 e. The number of benzene rings is 2. The monoisotopic (exact) mass is 471 g/mol. The maximum atomic E-state index is 13.2. The highest BCUT2D eigenvalue weighted by molar-refractivity contribution is 7.89. The zero-order valence-corrected chi connectivity index (χ0v) is 19.4. The predicted octanol–water partition coefficient (Wildman–Crippen LogP) is 2.56. The first kappa shape index (κ1) is 23.3. The molecule has 176 valence electrons. The molecule has 2 atom stereocenters. The summed E-state index contributed by atoms with van der Waals surface area (Å²) in [5.74, 6) is -0.374. The molecule has 2 amide bonds. The van der Waals surface area contributed by atoms with Crippen molar-refractivity contribution in [2.24, 2.45) is 5.92 Å². The summed E-state index contributed by atoms with van der Waals surface area (Å²) < 4.78 is 33.4. The fourth-order valence-corrected chi connectivity index (χ4v) is 5.72. The van der Waals surface area contributed by atoms with Crippen LogP contribution in [0.3, 0.4) is 0 Å². The number of nitrogens with zero attached hydrogens (tertiary/aromatic N) is 1. The van der Waals surface area contributed by atoms with E-state index in [0.29, 0.717) is 37.4 Å². The maximum Gasteiger partial charge on any atom is 0.265 e. The van der Waals surface area contributed by atoms with Gasteiger partial charge in [0.05, 0.1) is 16.5 Å². The van der Waals surface area contributed by atoms with Gasteiger partial charge in [0.2, 0.25) is 15.9 Å². The summed E-state index contributed by atoms with van der Waals surface area (Å²) in [5.41, 5.74) is 1.56. The van der Waals surface area contributed by atoms with E-state index in [1.54, 1.807) is 13.0 Å². The highest BCUT2D eigenvalue weighted by Gasteiger charge is 2.34. The normalized spacial score (nSPS) is 20.9. The van der Waals surface area contributed by atoms with Crippen molar-refractivity contribution in [1.82, 2.24) is 9.62 Å². The Labute approximate surface area is 194 Å². The van der Waals surface area contributed by atoms with E-state index < -0.39 is 16.1 Å². The molecule has 0 radical (unpaired) electrons. The Balaban J connectivity index is 1.36. The Bertz CT molecular complexity index is 1120. The fourth-order valence-electron chi connectivity index (χ4n) is 4.17. The molecule has 1 fully saturated rings. The largest absolute Gasteiger partial charge is 0.479 e. The first-order chi connectivity index (χ1) is 15.8. The van der Waals surface area contributed by atoms with Gasteiger partial charge in [0, 0.05) is 19.6 Å². The molecule has 9 heteroatoms. The summed E-state index contributed by atoms with van der Waals surface area (Å²) in [6.07, 6.45) is 2.34. The van der Waals surface area contributed by atoms with Crippen LogP contribution in [0.2, 0.25) is 0 Å². The third-order valence-electron chi connectivity index (χ3n) is 6.06. The van der Waals surface area contributed by atoms with Crippen molar-refractivity contribution < 1.29 is 22.7 Å². The Morgan fingerprint density at radius 3 is 2.79 bits per heavy atom. The van der Waals surface area contributed by atoms with Crippen LogP contribution in [0.25, 0.3) is 0 Å². The highest BCUT2D eigenvalue weighted by Crippen LogP contribution is 2.33. The molecule has 0 unspecified atom stereocenters. The minimum atomic E-state index is -3.81. The van der Waals surface area contributed by atoms with E-state index in [-0.39, 0.29) is 29.2 Å². The van der Waals surface area contributed by atoms with Crippen molar-refractivity contribution in [3.8, 4) is 5.75 Å². The lowest BCUT2D eigenvalue weighted by molar-refractivity contribution is -0.126. The number of sulfonamides is 1. The second-order valence-corrected chi connectivity index (χ2v) is 10.4. The lowest BCUT2D eigenvalue weighted by Crippen LogP contribution is -2.45. The maximum absolute atomic E-state index is 13.2. The van der Waals surface area contributed by atoms with E-state index in [0.717, 1.165) is 12.8 Å². The van der Waals surface area contributed by atoms with E-state index in [1.165, 1.54) is 22.0 Å². The van der Waals surface area contributed by atoms with Crippen molar-refractivity contribution in [2.45, 2.75) is 43.6 Å².